The molecule has 28 heavy (non-hydrogen) atoms. The Hall–Kier alpha value is -1.93. The molecule has 2 N–H and O–H groups in total. The van der Waals surface area contributed by atoms with Gasteiger partial charge < -0.3 is 5.11 Å². The Kier molecular flexibility index (Phi) is 5.31. The summed E-state index contributed by atoms with van der Waals surface area (Å²) in [5.41, 5.74) is -0.753. The van der Waals surface area contributed by atoms with Gasteiger partial charge in [-0.1, -0.05) is 40.9 Å². The third-order valence-electron chi connectivity index (χ3n) is 4.25. The van der Waals surface area contributed by atoms with Crippen molar-refractivity contribution in [2.45, 2.75) is 18.7 Å². The lowest BCUT2D eigenvalue weighted by Gasteiger charge is -2.30. The van der Waals surface area contributed by atoms with Crippen LogP contribution in [0.3, 0.4) is 0 Å². The zero-order chi connectivity index (χ0) is 20.9. The number of hydrogen-bond acceptors (Lipinski definition) is 3. The van der Waals surface area contributed by atoms with Crippen molar-refractivity contribution >= 4 is 46.5 Å². The van der Waals surface area contributed by atoms with Crippen LogP contribution in [-0.4, -0.2) is 17.3 Å². The topological polar surface area (TPSA) is 58.6 Å². The van der Waals surface area contributed by atoms with Crippen molar-refractivity contribution in [1.82, 2.24) is 5.48 Å². The number of alkyl halides is 3. The summed E-state index contributed by atoms with van der Waals surface area (Å²) in [5.74, 6) is -1.15. The lowest BCUT2D eigenvalue weighted by molar-refractivity contribution is -0.271. The molecule has 0 bridgehead atoms. The molecular weight excluding hydrogens is 442 g/mol. The van der Waals surface area contributed by atoms with Gasteiger partial charge in [0, 0.05) is 21.2 Å². The van der Waals surface area contributed by atoms with E-state index in [-0.39, 0.29) is 26.9 Å². The Balaban J connectivity index is 2.21. The summed E-state index contributed by atoms with van der Waals surface area (Å²) in [5, 5.41) is 8.39. The first kappa shape index (κ1) is 20.8. The second-order valence-electron chi connectivity index (χ2n) is 6.07. The number of benzene rings is 2. The maximum absolute atomic E-state index is 14.1. The minimum atomic E-state index is -4.96. The SMILES string of the molecule is Cc1cc(C2=C(Cl)C(c3cc(Cl)cc(Cl)c3)(C(F)(F)F)ON2)ccc1C(=O)O. The van der Waals surface area contributed by atoms with E-state index in [0.717, 1.165) is 12.1 Å². The van der Waals surface area contributed by atoms with Gasteiger partial charge in [0.25, 0.3) is 5.60 Å². The zero-order valence-corrected chi connectivity index (χ0v) is 16.3. The fourth-order valence-corrected chi connectivity index (χ4v) is 3.86. The second kappa shape index (κ2) is 7.15. The molecule has 0 aliphatic carbocycles. The summed E-state index contributed by atoms with van der Waals surface area (Å²) in [6, 6.07) is 7.41. The zero-order valence-electron chi connectivity index (χ0n) is 14.0. The normalized spacial score (nSPS) is 19.7. The third kappa shape index (κ3) is 3.33. The number of carboxylic acids is 1. The Morgan fingerprint density at radius 3 is 2.21 bits per heavy atom. The lowest BCUT2D eigenvalue weighted by Crippen LogP contribution is -2.44. The van der Waals surface area contributed by atoms with Crippen LogP contribution in [-0.2, 0) is 10.4 Å². The highest BCUT2D eigenvalue weighted by molar-refractivity contribution is 6.35. The number of aryl methyl sites for hydroxylation is 1. The van der Waals surface area contributed by atoms with Crippen molar-refractivity contribution in [2.24, 2.45) is 0 Å². The van der Waals surface area contributed by atoms with E-state index in [9.17, 15) is 18.0 Å². The van der Waals surface area contributed by atoms with Crippen LogP contribution in [0.25, 0.3) is 5.70 Å². The molecule has 1 aliphatic heterocycles. The molecule has 4 nitrogen and oxygen atoms in total. The molecule has 2 aromatic rings. The van der Waals surface area contributed by atoms with E-state index in [4.69, 9.17) is 44.7 Å². The van der Waals surface area contributed by atoms with Gasteiger partial charge in [0.2, 0.25) is 0 Å². The number of rotatable bonds is 3. The van der Waals surface area contributed by atoms with Crippen LogP contribution in [0.4, 0.5) is 13.2 Å². The summed E-state index contributed by atoms with van der Waals surface area (Å²) in [6.07, 6.45) is -4.96. The summed E-state index contributed by atoms with van der Waals surface area (Å²) in [6.45, 7) is 1.52. The predicted octanol–water partition coefficient (Wildman–Crippen LogP) is 5.90. The highest BCUT2D eigenvalue weighted by Crippen LogP contribution is 2.54. The van der Waals surface area contributed by atoms with Gasteiger partial charge in [0.05, 0.1) is 16.3 Å². The van der Waals surface area contributed by atoms with Gasteiger partial charge >= 0.3 is 12.1 Å². The summed E-state index contributed by atoms with van der Waals surface area (Å²) in [4.78, 5) is 16.1. The van der Waals surface area contributed by atoms with Crippen LogP contribution in [0.1, 0.15) is 27.0 Å². The standard InChI is InChI=1S/C18H11Cl3F3NO3/c1-8-4-9(2-3-13(8)16(26)27)14-15(21)17(28-25-14,18(22,23)24)10-5-11(19)7-12(20)6-10/h2-7,25H,1H3,(H,26,27). The number of hydroxylamine groups is 1. The molecule has 3 rings (SSSR count). The predicted molar refractivity (Wildman–Crippen MR) is 99.3 cm³/mol. The minimum Gasteiger partial charge on any atom is -0.478 e. The average Bonchev–Trinajstić information content (AvgIpc) is 2.91. The molecule has 1 aliphatic rings. The fraction of sp³-hybridized carbons (Fsp3) is 0.167. The first-order chi connectivity index (χ1) is 13.0. The third-order valence-corrected chi connectivity index (χ3v) is 5.14. The average molecular weight is 453 g/mol. The molecule has 2 aromatic carbocycles. The van der Waals surface area contributed by atoms with Gasteiger partial charge in [-0.25, -0.2) is 9.63 Å². The molecule has 1 atom stereocenters. The van der Waals surface area contributed by atoms with Crippen molar-refractivity contribution in [1.29, 1.82) is 0 Å². The van der Waals surface area contributed by atoms with E-state index < -0.39 is 28.3 Å². The van der Waals surface area contributed by atoms with E-state index in [2.05, 4.69) is 5.48 Å². The number of carboxylic acid groups (broad SMARTS) is 1. The number of carbonyl (C=O) groups is 1. The molecule has 1 heterocycles. The molecule has 1 unspecified atom stereocenters. The monoisotopic (exact) mass is 451 g/mol. The van der Waals surface area contributed by atoms with Gasteiger partial charge in [0.1, 0.15) is 0 Å². The molecule has 0 radical (unpaired) electrons. The van der Waals surface area contributed by atoms with Gasteiger partial charge in [-0.15, -0.1) is 0 Å². The Bertz CT molecular complexity index is 987. The molecule has 148 valence electrons. The molecule has 0 saturated heterocycles. The fourth-order valence-electron chi connectivity index (χ4n) is 2.93. The Morgan fingerprint density at radius 2 is 1.71 bits per heavy atom. The number of hydrogen-bond donors (Lipinski definition) is 2. The molecule has 0 saturated carbocycles. The van der Waals surface area contributed by atoms with E-state index in [1.165, 1.54) is 31.2 Å². The highest BCUT2D eigenvalue weighted by atomic mass is 35.5. The number of halogens is 6. The Morgan fingerprint density at radius 1 is 1.11 bits per heavy atom. The Labute approximate surface area is 172 Å². The van der Waals surface area contributed by atoms with E-state index in [1.807, 2.05) is 0 Å². The maximum Gasteiger partial charge on any atom is 0.429 e. The first-order valence-electron chi connectivity index (χ1n) is 7.69. The van der Waals surface area contributed by atoms with E-state index >= 15 is 0 Å². The summed E-state index contributed by atoms with van der Waals surface area (Å²) >= 11 is 17.9. The summed E-state index contributed by atoms with van der Waals surface area (Å²) < 4.78 is 42.3. The maximum atomic E-state index is 14.1. The quantitative estimate of drug-likeness (QED) is 0.609. The smallest absolute Gasteiger partial charge is 0.429 e. The van der Waals surface area contributed by atoms with Crippen LogP contribution in [0, 0.1) is 6.92 Å². The van der Waals surface area contributed by atoms with Crippen molar-refractivity contribution < 1.29 is 27.9 Å². The van der Waals surface area contributed by atoms with Gasteiger partial charge in [0.15, 0.2) is 0 Å². The van der Waals surface area contributed by atoms with Crippen LogP contribution in [0.5, 0.6) is 0 Å². The number of nitrogens with one attached hydrogen (secondary N) is 1. The largest absolute Gasteiger partial charge is 0.478 e. The van der Waals surface area contributed by atoms with E-state index in [1.54, 1.807) is 0 Å². The van der Waals surface area contributed by atoms with Crippen molar-refractivity contribution in [2.75, 3.05) is 0 Å². The van der Waals surface area contributed by atoms with Gasteiger partial charge in [-0.2, -0.15) is 13.2 Å². The van der Waals surface area contributed by atoms with Gasteiger partial charge in [-0.3, -0.25) is 5.48 Å². The molecule has 0 spiro atoms. The van der Waals surface area contributed by atoms with Crippen molar-refractivity contribution in [3.05, 3.63) is 73.7 Å². The minimum absolute atomic E-state index is 0.0168. The lowest BCUT2D eigenvalue weighted by atomic mass is 9.91. The second-order valence-corrected chi connectivity index (χ2v) is 7.32. The van der Waals surface area contributed by atoms with Crippen molar-refractivity contribution in [3.8, 4) is 0 Å². The molecular formula is C18H11Cl3F3NO3. The molecule has 0 fully saturated rings. The molecule has 0 amide bonds. The van der Waals surface area contributed by atoms with Gasteiger partial charge in [-0.05, 0) is 42.8 Å². The summed E-state index contributed by atoms with van der Waals surface area (Å²) in [7, 11) is 0. The number of aromatic carboxylic acids is 1. The van der Waals surface area contributed by atoms with Crippen LogP contribution < -0.4 is 5.48 Å². The van der Waals surface area contributed by atoms with Crippen LogP contribution in [0.2, 0.25) is 10.0 Å². The van der Waals surface area contributed by atoms with Crippen molar-refractivity contribution in [3.63, 3.8) is 0 Å². The molecule has 0 aromatic heterocycles. The van der Waals surface area contributed by atoms with E-state index in [0.29, 0.717) is 5.56 Å². The molecule has 10 heteroatoms. The van der Waals surface area contributed by atoms with Crippen LogP contribution in [0.15, 0.2) is 41.4 Å². The first-order valence-corrected chi connectivity index (χ1v) is 8.82. The highest BCUT2D eigenvalue weighted by Gasteiger charge is 2.64. The van der Waals surface area contributed by atoms with Crippen LogP contribution >= 0.6 is 34.8 Å².